The van der Waals surface area contributed by atoms with Gasteiger partial charge < -0.3 is 0 Å². The Hall–Kier alpha value is -2.41. The molecule has 0 aliphatic heterocycles. The molecule has 194 valence electrons. The van der Waals surface area contributed by atoms with Crippen LogP contribution in [0.1, 0.15) is 16.7 Å². The Labute approximate surface area is 216 Å². The fourth-order valence-corrected chi connectivity index (χ4v) is 6.61. The maximum absolute atomic E-state index is 13.3. The zero-order valence-corrected chi connectivity index (χ0v) is 22.9. The summed E-state index contributed by atoms with van der Waals surface area (Å²) in [4.78, 5) is 0.796. The number of sulfonamides is 2. The number of hydrogen-bond donors (Lipinski definition) is 2. The summed E-state index contributed by atoms with van der Waals surface area (Å²) < 4.78 is 71.0. The third-order valence-electron chi connectivity index (χ3n) is 5.47. The predicted molar refractivity (Wildman–Crippen MR) is 142 cm³/mol. The summed E-state index contributed by atoms with van der Waals surface area (Å²) in [6, 6.07) is 20.0. The Morgan fingerprint density at radius 1 is 0.667 bits per heavy atom. The number of nitrogens with zero attached hydrogens (tertiary/aromatic N) is 1. The average molecular weight is 550 g/mol. The highest BCUT2D eigenvalue weighted by Crippen LogP contribution is 2.17. The van der Waals surface area contributed by atoms with Gasteiger partial charge in [-0.15, -0.1) is 0 Å². The molecule has 2 N–H and O–H groups in total. The number of benzene rings is 3. The molecule has 0 heterocycles. The first-order chi connectivity index (χ1) is 17.0. The smallest absolute Gasteiger partial charge is 0.238 e. The Morgan fingerprint density at radius 2 is 1.11 bits per heavy atom. The van der Waals surface area contributed by atoms with Crippen LogP contribution in [-0.4, -0.2) is 51.5 Å². The van der Waals surface area contributed by atoms with Gasteiger partial charge in [-0.2, -0.15) is 4.31 Å². The van der Waals surface area contributed by atoms with E-state index in [2.05, 4.69) is 9.44 Å². The van der Waals surface area contributed by atoms with Crippen LogP contribution in [0.15, 0.2) is 87.5 Å². The van der Waals surface area contributed by atoms with E-state index in [4.69, 9.17) is 0 Å². The van der Waals surface area contributed by atoms with Crippen LogP contribution in [0, 0.1) is 20.8 Å². The van der Waals surface area contributed by atoms with Gasteiger partial charge in [-0.25, -0.2) is 30.5 Å². The van der Waals surface area contributed by atoms with Crippen LogP contribution in [0.4, 0.5) is 0 Å². The molecule has 1 unspecified atom stereocenters. The quantitative estimate of drug-likeness (QED) is 0.361. The van der Waals surface area contributed by atoms with Crippen LogP contribution in [-0.2, 0) is 31.0 Å². The number of rotatable bonds is 12. The molecule has 0 fully saturated rings. The lowest BCUT2D eigenvalue weighted by Crippen LogP contribution is -2.42. The summed E-state index contributed by atoms with van der Waals surface area (Å²) in [6.45, 7) is 5.54. The van der Waals surface area contributed by atoms with Crippen molar-refractivity contribution in [2.75, 3.05) is 26.2 Å². The van der Waals surface area contributed by atoms with Gasteiger partial charge in [-0.05, 0) is 57.2 Å². The van der Waals surface area contributed by atoms with E-state index in [9.17, 15) is 21.0 Å². The highest BCUT2D eigenvalue weighted by Gasteiger charge is 2.25. The molecule has 3 aromatic carbocycles. The van der Waals surface area contributed by atoms with E-state index < -0.39 is 31.0 Å². The molecule has 0 radical (unpaired) electrons. The largest absolute Gasteiger partial charge is 0.243 e. The van der Waals surface area contributed by atoms with Gasteiger partial charge in [0.15, 0.2) is 0 Å². The average Bonchev–Trinajstić information content (AvgIpc) is 2.84. The monoisotopic (exact) mass is 549 g/mol. The normalized spacial score (nSPS) is 13.1. The molecule has 0 bridgehead atoms. The predicted octanol–water partition coefficient (Wildman–Crippen LogP) is 2.89. The summed E-state index contributed by atoms with van der Waals surface area (Å²) in [5, 5.41) is 0. The molecule has 1 atom stereocenters. The Morgan fingerprint density at radius 3 is 1.64 bits per heavy atom. The maximum atomic E-state index is 13.3. The summed E-state index contributed by atoms with van der Waals surface area (Å²) in [5.41, 5.74) is 2.89. The van der Waals surface area contributed by atoms with Crippen molar-refractivity contribution in [3.8, 4) is 0 Å². The van der Waals surface area contributed by atoms with Crippen LogP contribution in [0.3, 0.4) is 0 Å². The minimum absolute atomic E-state index is 0.0000699. The maximum Gasteiger partial charge on any atom is 0.243 e. The number of hydrogen-bond acceptors (Lipinski definition) is 5. The summed E-state index contributed by atoms with van der Waals surface area (Å²) >= 11 is 0. The van der Waals surface area contributed by atoms with Gasteiger partial charge in [0.1, 0.15) is 11.0 Å². The molecule has 3 aromatic rings. The molecular formula is C25H31N3O5S3. The fourth-order valence-electron chi connectivity index (χ4n) is 3.33. The van der Waals surface area contributed by atoms with Gasteiger partial charge in [-0.3, -0.25) is 0 Å². The zero-order chi connectivity index (χ0) is 26.3. The molecule has 0 aliphatic carbocycles. The number of aryl methyl sites for hydroxylation is 3. The molecule has 0 saturated carbocycles. The summed E-state index contributed by atoms with van der Waals surface area (Å²) in [5.74, 6) is 0. The third-order valence-corrected chi connectivity index (χ3v) is 10.0. The van der Waals surface area contributed by atoms with Gasteiger partial charge in [0.2, 0.25) is 20.0 Å². The molecular weight excluding hydrogens is 518 g/mol. The molecule has 0 aliphatic rings. The van der Waals surface area contributed by atoms with Crippen molar-refractivity contribution in [2.45, 2.75) is 35.5 Å². The van der Waals surface area contributed by atoms with Gasteiger partial charge in [0, 0.05) is 26.2 Å². The van der Waals surface area contributed by atoms with E-state index in [1.165, 1.54) is 28.6 Å². The fraction of sp³-hybridized carbons (Fsp3) is 0.280. The minimum atomic E-state index is -3.91. The number of nitrogens with one attached hydrogen (secondary N) is 2. The third kappa shape index (κ3) is 7.55. The first kappa shape index (κ1) is 28.2. The Balaban J connectivity index is 1.71. The van der Waals surface area contributed by atoms with E-state index >= 15 is 0 Å². The second-order valence-electron chi connectivity index (χ2n) is 8.40. The van der Waals surface area contributed by atoms with Crippen molar-refractivity contribution in [1.29, 1.82) is 0 Å². The van der Waals surface area contributed by atoms with E-state index in [0.29, 0.717) is 4.90 Å². The lowest BCUT2D eigenvalue weighted by molar-refractivity contribution is 0.416. The van der Waals surface area contributed by atoms with Crippen LogP contribution >= 0.6 is 0 Å². The zero-order valence-electron chi connectivity index (χ0n) is 20.5. The van der Waals surface area contributed by atoms with E-state index in [1.807, 2.05) is 32.9 Å². The molecule has 0 aromatic heterocycles. The van der Waals surface area contributed by atoms with Crippen LogP contribution in [0.25, 0.3) is 0 Å². The van der Waals surface area contributed by atoms with Crippen LogP contribution in [0.5, 0.6) is 0 Å². The molecule has 11 heteroatoms. The second-order valence-corrected chi connectivity index (χ2v) is 13.4. The van der Waals surface area contributed by atoms with E-state index in [-0.39, 0.29) is 36.0 Å². The first-order valence-corrected chi connectivity index (χ1v) is 15.4. The minimum Gasteiger partial charge on any atom is -0.238 e. The molecule has 0 spiro atoms. The van der Waals surface area contributed by atoms with Crippen molar-refractivity contribution in [2.24, 2.45) is 0 Å². The van der Waals surface area contributed by atoms with E-state index in [1.54, 1.807) is 36.4 Å². The van der Waals surface area contributed by atoms with Crippen molar-refractivity contribution < 1.29 is 21.0 Å². The van der Waals surface area contributed by atoms with Crippen molar-refractivity contribution in [3.63, 3.8) is 0 Å². The standard InChI is InChI=1S/C25H31N3O5S3/c1-20-4-10-23(11-5-20)34(29)26-16-18-28(36(32,33)25-14-8-22(3)9-15-25)19-17-27-35(30,31)24-12-6-21(2)7-13-24/h4-15,26-27H,16-19H2,1-3H3. The highest BCUT2D eigenvalue weighted by molar-refractivity contribution is 7.89. The lowest BCUT2D eigenvalue weighted by Gasteiger charge is -2.22. The SMILES string of the molecule is Cc1ccc(S(=O)NCCN(CCNS(=O)(=O)c2ccc(C)cc2)S(=O)(=O)c2ccc(C)cc2)cc1. The van der Waals surface area contributed by atoms with Crippen LogP contribution in [0.2, 0.25) is 0 Å². The second kappa shape index (κ2) is 12.2. The first-order valence-electron chi connectivity index (χ1n) is 11.3. The summed E-state index contributed by atoms with van der Waals surface area (Å²) in [7, 11) is -9.22. The topological polar surface area (TPSA) is 113 Å². The highest BCUT2D eigenvalue weighted by atomic mass is 32.2. The molecule has 3 rings (SSSR count). The van der Waals surface area contributed by atoms with Crippen molar-refractivity contribution >= 4 is 31.0 Å². The van der Waals surface area contributed by atoms with Gasteiger partial charge >= 0.3 is 0 Å². The molecule has 0 amide bonds. The Bertz CT molecular complexity index is 1390. The molecule has 8 nitrogen and oxygen atoms in total. The van der Waals surface area contributed by atoms with Crippen molar-refractivity contribution in [3.05, 3.63) is 89.5 Å². The molecule has 36 heavy (non-hydrogen) atoms. The van der Waals surface area contributed by atoms with Gasteiger partial charge in [-0.1, -0.05) is 53.1 Å². The molecule has 0 saturated heterocycles. The van der Waals surface area contributed by atoms with Crippen LogP contribution < -0.4 is 9.44 Å². The Kier molecular flexibility index (Phi) is 9.56. The lowest BCUT2D eigenvalue weighted by atomic mass is 10.2. The van der Waals surface area contributed by atoms with Crippen molar-refractivity contribution in [1.82, 2.24) is 13.7 Å². The van der Waals surface area contributed by atoms with E-state index in [0.717, 1.165) is 16.7 Å². The summed E-state index contributed by atoms with van der Waals surface area (Å²) in [6.07, 6.45) is 0. The van der Waals surface area contributed by atoms with Gasteiger partial charge in [0.05, 0.1) is 14.7 Å². The van der Waals surface area contributed by atoms with Gasteiger partial charge in [0.25, 0.3) is 0 Å².